The zero-order valence-electron chi connectivity index (χ0n) is 11.7. The predicted octanol–water partition coefficient (Wildman–Crippen LogP) is 3.32. The minimum atomic E-state index is -1.02. The van der Waals surface area contributed by atoms with Crippen LogP contribution < -0.4 is 0 Å². The Labute approximate surface area is 122 Å². The molecule has 0 amide bonds. The lowest BCUT2D eigenvalue weighted by Crippen LogP contribution is -2.11. The van der Waals surface area contributed by atoms with E-state index in [-0.39, 0.29) is 11.4 Å². The van der Waals surface area contributed by atoms with Crippen LogP contribution in [0.5, 0.6) is 5.75 Å². The van der Waals surface area contributed by atoms with Crippen molar-refractivity contribution in [2.75, 3.05) is 0 Å². The van der Waals surface area contributed by atoms with E-state index in [1.807, 2.05) is 6.07 Å². The molecule has 5 heteroatoms. The normalized spacial score (nSPS) is 16.0. The van der Waals surface area contributed by atoms with Crippen molar-refractivity contribution in [1.82, 2.24) is 9.78 Å². The van der Waals surface area contributed by atoms with E-state index in [4.69, 9.17) is 0 Å². The fourth-order valence-corrected chi connectivity index (χ4v) is 3.02. The van der Waals surface area contributed by atoms with Crippen LogP contribution in [0.15, 0.2) is 30.3 Å². The Morgan fingerprint density at radius 1 is 1.19 bits per heavy atom. The molecule has 1 heterocycles. The van der Waals surface area contributed by atoms with E-state index in [9.17, 15) is 15.0 Å². The number of phenolic OH excluding ortho intramolecular Hbond substituents is 1. The Bertz CT molecular complexity index is 657. The molecule has 1 saturated carbocycles. The smallest absolute Gasteiger partial charge is 0.356 e. The fourth-order valence-electron chi connectivity index (χ4n) is 3.02. The minimum absolute atomic E-state index is 0.0546. The van der Waals surface area contributed by atoms with Crippen molar-refractivity contribution in [3.63, 3.8) is 0 Å². The third-order valence-electron chi connectivity index (χ3n) is 4.05. The molecule has 1 aromatic heterocycles. The van der Waals surface area contributed by atoms with Crippen LogP contribution in [0.4, 0.5) is 0 Å². The van der Waals surface area contributed by atoms with Gasteiger partial charge in [0.2, 0.25) is 0 Å². The van der Waals surface area contributed by atoms with Gasteiger partial charge in [-0.2, -0.15) is 5.10 Å². The molecule has 2 aromatic rings. The van der Waals surface area contributed by atoms with Crippen LogP contribution in [-0.4, -0.2) is 26.0 Å². The summed E-state index contributed by atoms with van der Waals surface area (Å²) in [5, 5.41) is 23.0. The number of benzene rings is 1. The number of hydrogen-bond acceptors (Lipinski definition) is 3. The van der Waals surface area contributed by atoms with Crippen LogP contribution >= 0.6 is 0 Å². The van der Waals surface area contributed by atoms with Gasteiger partial charge in [0.15, 0.2) is 5.69 Å². The maximum Gasteiger partial charge on any atom is 0.356 e. The minimum Gasteiger partial charge on any atom is -0.508 e. The van der Waals surface area contributed by atoms with E-state index in [2.05, 4.69) is 5.10 Å². The van der Waals surface area contributed by atoms with Gasteiger partial charge in [0, 0.05) is 17.7 Å². The molecule has 0 bridgehead atoms. The van der Waals surface area contributed by atoms with Crippen LogP contribution in [0, 0.1) is 0 Å². The predicted molar refractivity (Wildman–Crippen MR) is 78.0 cm³/mol. The molecular weight excluding hydrogens is 268 g/mol. The lowest BCUT2D eigenvalue weighted by molar-refractivity contribution is 0.0690. The second-order valence-electron chi connectivity index (χ2n) is 5.53. The van der Waals surface area contributed by atoms with E-state index < -0.39 is 5.97 Å². The van der Waals surface area contributed by atoms with E-state index in [0.29, 0.717) is 11.6 Å². The molecule has 1 fully saturated rings. The number of aromatic nitrogens is 2. The zero-order valence-corrected chi connectivity index (χ0v) is 11.7. The monoisotopic (exact) mass is 286 g/mol. The van der Waals surface area contributed by atoms with Gasteiger partial charge in [-0.3, -0.25) is 0 Å². The summed E-state index contributed by atoms with van der Waals surface area (Å²) >= 11 is 0. The number of phenols is 1. The Morgan fingerprint density at radius 3 is 2.62 bits per heavy atom. The first-order chi connectivity index (χ1) is 10.1. The van der Waals surface area contributed by atoms with Crippen molar-refractivity contribution in [3.8, 4) is 11.4 Å². The Morgan fingerprint density at radius 2 is 1.95 bits per heavy atom. The van der Waals surface area contributed by atoms with Gasteiger partial charge in [0.1, 0.15) is 5.75 Å². The van der Waals surface area contributed by atoms with Crippen molar-refractivity contribution >= 4 is 5.97 Å². The molecule has 110 valence electrons. The number of carboxylic acids is 1. The summed E-state index contributed by atoms with van der Waals surface area (Å²) in [4.78, 5) is 11.2. The number of aromatic carboxylic acids is 1. The molecule has 1 aliphatic carbocycles. The highest BCUT2D eigenvalue weighted by Gasteiger charge is 2.23. The molecule has 1 aromatic carbocycles. The fraction of sp³-hybridized carbons (Fsp3) is 0.375. The largest absolute Gasteiger partial charge is 0.508 e. The third kappa shape index (κ3) is 2.77. The number of rotatable bonds is 3. The van der Waals surface area contributed by atoms with E-state index in [0.717, 1.165) is 31.4 Å². The van der Waals surface area contributed by atoms with Crippen molar-refractivity contribution < 1.29 is 15.0 Å². The summed E-state index contributed by atoms with van der Waals surface area (Å²) in [5.74, 6) is -0.540. The van der Waals surface area contributed by atoms with Crippen molar-refractivity contribution in [3.05, 3.63) is 41.7 Å². The van der Waals surface area contributed by atoms with E-state index in [1.54, 1.807) is 28.9 Å². The van der Waals surface area contributed by atoms with Crippen molar-refractivity contribution in [2.45, 2.75) is 38.0 Å². The quantitative estimate of drug-likeness (QED) is 0.907. The van der Waals surface area contributed by atoms with Gasteiger partial charge in [0.25, 0.3) is 0 Å². The summed E-state index contributed by atoms with van der Waals surface area (Å²) < 4.78 is 1.67. The van der Waals surface area contributed by atoms with Crippen molar-refractivity contribution in [1.29, 1.82) is 0 Å². The highest BCUT2D eigenvalue weighted by Crippen LogP contribution is 2.34. The second kappa shape index (κ2) is 5.60. The van der Waals surface area contributed by atoms with Gasteiger partial charge in [-0.1, -0.05) is 25.3 Å². The first-order valence-electron chi connectivity index (χ1n) is 7.28. The Kier molecular flexibility index (Phi) is 3.64. The topological polar surface area (TPSA) is 75.3 Å². The molecule has 0 radical (unpaired) electrons. The third-order valence-corrected chi connectivity index (χ3v) is 4.05. The van der Waals surface area contributed by atoms with Crippen LogP contribution in [0.25, 0.3) is 5.69 Å². The van der Waals surface area contributed by atoms with Crippen LogP contribution in [0.2, 0.25) is 0 Å². The molecule has 5 nitrogen and oxygen atoms in total. The van der Waals surface area contributed by atoms with Crippen LogP contribution in [0.3, 0.4) is 0 Å². The van der Waals surface area contributed by atoms with Gasteiger partial charge in [-0.05, 0) is 31.0 Å². The highest BCUT2D eigenvalue weighted by molar-refractivity contribution is 5.85. The second-order valence-corrected chi connectivity index (χ2v) is 5.53. The number of carboxylic acid groups (broad SMARTS) is 1. The number of hydrogen-bond donors (Lipinski definition) is 2. The molecule has 0 spiro atoms. The SMILES string of the molecule is O=C(O)c1cc(C2CCCCC2)n(-c2cccc(O)c2)n1. The van der Waals surface area contributed by atoms with Gasteiger partial charge in [0.05, 0.1) is 5.69 Å². The van der Waals surface area contributed by atoms with E-state index >= 15 is 0 Å². The van der Waals surface area contributed by atoms with E-state index in [1.165, 1.54) is 6.42 Å². The molecule has 21 heavy (non-hydrogen) atoms. The van der Waals surface area contributed by atoms with Gasteiger partial charge >= 0.3 is 5.97 Å². The maximum atomic E-state index is 11.2. The summed E-state index contributed by atoms with van der Waals surface area (Å²) in [6.07, 6.45) is 5.69. The Hall–Kier alpha value is -2.30. The van der Waals surface area contributed by atoms with Crippen LogP contribution in [-0.2, 0) is 0 Å². The number of carbonyl (C=O) groups is 1. The van der Waals surface area contributed by atoms with Gasteiger partial charge < -0.3 is 10.2 Å². The van der Waals surface area contributed by atoms with Gasteiger partial charge in [-0.15, -0.1) is 0 Å². The summed E-state index contributed by atoms with van der Waals surface area (Å²) in [6, 6.07) is 8.42. The highest BCUT2D eigenvalue weighted by atomic mass is 16.4. The van der Waals surface area contributed by atoms with Crippen LogP contribution in [0.1, 0.15) is 54.2 Å². The average molecular weight is 286 g/mol. The number of nitrogens with zero attached hydrogens (tertiary/aromatic N) is 2. The Balaban J connectivity index is 2.06. The molecule has 2 N–H and O–H groups in total. The zero-order chi connectivity index (χ0) is 14.8. The first-order valence-corrected chi connectivity index (χ1v) is 7.28. The molecule has 0 unspecified atom stereocenters. The summed E-state index contributed by atoms with van der Waals surface area (Å²) in [7, 11) is 0. The molecule has 0 aliphatic heterocycles. The molecule has 0 saturated heterocycles. The molecule has 0 atom stereocenters. The molecule has 3 rings (SSSR count). The number of aromatic hydroxyl groups is 1. The van der Waals surface area contributed by atoms with Gasteiger partial charge in [-0.25, -0.2) is 9.48 Å². The molecule has 1 aliphatic rings. The summed E-state index contributed by atoms with van der Waals surface area (Å²) in [5.41, 5.74) is 1.68. The summed E-state index contributed by atoms with van der Waals surface area (Å²) in [6.45, 7) is 0. The lowest BCUT2D eigenvalue weighted by atomic mass is 9.86. The maximum absolute atomic E-state index is 11.2. The lowest BCUT2D eigenvalue weighted by Gasteiger charge is -2.22. The average Bonchev–Trinajstić information content (AvgIpc) is 2.93. The molecular formula is C16H18N2O3. The standard InChI is InChI=1S/C16H18N2O3/c19-13-8-4-7-12(9-13)18-15(10-14(17-18)16(20)21)11-5-2-1-3-6-11/h4,7-11,19H,1-3,5-6H2,(H,20,21). The first kappa shape index (κ1) is 13.7. The van der Waals surface area contributed by atoms with Crippen molar-refractivity contribution in [2.24, 2.45) is 0 Å².